The first kappa shape index (κ1) is 13.1. The van der Waals surface area contributed by atoms with E-state index >= 15 is 0 Å². The summed E-state index contributed by atoms with van der Waals surface area (Å²) in [6.45, 7) is 6.74. The summed E-state index contributed by atoms with van der Waals surface area (Å²) in [4.78, 5) is 4.58. The minimum Gasteiger partial charge on any atom is -0.304 e. The molecule has 2 nitrogen and oxygen atoms in total. The zero-order valence-electron chi connectivity index (χ0n) is 9.36. The molecule has 0 saturated carbocycles. The summed E-state index contributed by atoms with van der Waals surface area (Å²) in [5, 5.41) is 0. The lowest BCUT2D eigenvalue weighted by molar-refractivity contribution is 0.107. The second-order valence-electron chi connectivity index (χ2n) is 3.13. The van der Waals surface area contributed by atoms with Crippen LogP contribution in [0.1, 0.15) is 26.3 Å². The molecule has 2 heteroatoms. The Labute approximate surface area is 87.0 Å². The lowest BCUT2D eigenvalue weighted by Gasteiger charge is -2.08. The van der Waals surface area contributed by atoms with Gasteiger partial charge in [-0.05, 0) is 17.9 Å². The second kappa shape index (κ2) is 8.73. The highest BCUT2D eigenvalue weighted by Gasteiger charge is 2.01. The zero-order chi connectivity index (χ0) is 10.8. The van der Waals surface area contributed by atoms with Crippen LogP contribution in [0, 0.1) is 5.92 Å². The predicted octanol–water partition coefficient (Wildman–Crippen LogP) is 2.78. The van der Waals surface area contributed by atoms with Crippen molar-refractivity contribution >= 4 is 0 Å². The van der Waals surface area contributed by atoms with E-state index in [9.17, 15) is 0 Å². The average molecular weight is 195 g/mol. The van der Waals surface area contributed by atoms with E-state index in [-0.39, 0.29) is 0 Å². The lowest BCUT2D eigenvalue weighted by atomic mass is 10.0. The van der Waals surface area contributed by atoms with Gasteiger partial charge in [-0.15, -0.1) is 0 Å². The lowest BCUT2D eigenvalue weighted by Crippen LogP contribution is -2.12. The van der Waals surface area contributed by atoms with Crippen molar-refractivity contribution < 1.29 is 4.84 Å². The molecular formula is C12H21NO. The van der Waals surface area contributed by atoms with Crippen LogP contribution in [0.4, 0.5) is 0 Å². The summed E-state index contributed by atoms with van der Waals surface area (Å²) in [7, 11) is 0. The summed E-state index contributed by atoms with van der Waals surface area (Å²) in [5.74, 6) is 5.47. The topological polar surface area (TPSA) is 35.2 Å². The van der Waals surface area contributed by atoms with Gasteiger partial charge in [0.1, 0.15) is 0 Å². The van der Waals surface area contributed by atoms with E-state index < -0.39 is 0 Å². The highest BCUT2D eigenvalue weighted by Crippen LogP contribution is 2.07. The molecule has 0 spiro atoms. The molecule has 0 saturated heterocycles. The largest absolute Gasteiger partial charge is 0.304 e. The van der Waals surface area contributed by atoms with Crippen molar-refractivity contribution in [1.82, 2.24) is 0 Å². The molecule has 0 aliphatic heterocycles. The van der Waals surface area contributed by atoms with Crippen LogP contribution in [-0.4, -0.2) is 6.61 Å². The zero-order valence-corrected chi connectivity index (χ0v) is 9.36. The highest BCUT2D eigenvalue weighted by atomic mass is 16.6. The Morgan fingerprint density at radius 2 is 1.79 bits per heavy atom. The minimum absolute atomic E-state index is 0.484. The summed E-state index contributed by atoms with van der Waals surface area (Å²) < 4.78 is 0. The maximum atomic E-state index is 4.98. The van der Waals surface area contributed by atoms with Gasteiger partial charge in [0.25, 0.3) is 0 Å². The normalized spacial score (nSPS) is 11.4. The molecule has 0 aliphatic rings. The fourth-order valence-corrected chi connectivity index (χ4v) is 1.24. The molecule has 80 valence electrons. The third-order valence-electron chi connectivity index (χ3n) is 1.81. The first-order chi connectivity index (χ1) is 6.83. The fourth-order valence-electron chi connectivity index (χ4n) is 1.24. The Morgan fingerprint density at radius 1 is 1.21 bits per heavy atom. The quantitative estimate of drug-likeness (QED) is 0.750. The monoisotopic (exact) mass is 195 g/mol. The minimum atomic E-state index is 0.484. The van der Waals surface area contributed by atoms with Gasteiger partial charge >= 0.3 is 0 Å². The Bertz CT molecular complexity index is 211. The molecule has 0 heterocycles. The number of nitrogens with two attached hydrogens (primary N) is 1. The first-order valence-corrected chi connectivity index (χ1v) is 5.18. The van der Waals surface area contributed by atoms with Crippen LogP contribution in [0.5, 0.6) is 0 Å². The SMILES string of the molecule is CC.CC(CON)Cc1ccccc1. The van der Waals surface area contributed by atoms with Gasteiger partial charge in [-0.1, -0.05) is 51.1 Å². The molecule has 0 radical (unpaired) electrons. The van der Waals surface area contributed by atoms with Gasteiger partial charge in [0.05, 0.1) is 6.61 Å². The summed E-state index contributed by atoms with van der Waals surface area (Å²) in [5.41, 5.74) is 1.34. The van der Waals surface area contributed by atoms with E-state index in [0.29, 0.717) is 12.5 Å². The van der Waals surface area contributed by atoms with Gasteiger partial charge in [-0.25, -0.2) is 5.90 Å². The standard InChI is InChI=1S/C10H15NO.C2H6/c1-9(8-12-11)7-10-5-3-2-4-6-10;1-2/h2-6,9H,7-8,11H2,1H3;1-2H3. The van der Waals surface area contributed by atoms with Crippen molar-refractivity contribution in [2.45, 2.75) is 27.2 Å². The molecule has 1 aromatic rings. The Hall–Kier alpha value is -0.860. The van der Waals surface area contributed by atoms with Crippen LogP contribution < -0.4 is 5.90 Å². The molecule has 1 atom stereocenters. The van der Waals surface area contributed by atoms with Crippen molar-refractivity contribution in [1.29, 1.82) is 0 Å². The van der Waals surface area contributed by atoms with Crippen LogP contribution in [0.2, 0.25) is 0 Å². The number of rotatable bonds is 4. The van der Waals surface area contributed by atoms with Gasteiger partial charge in [0.2, 0.25) is 0 Å². The summed E-state index contributed by atoms with van der Waals surface area (Å²) in [6, 6.07) is 10.4. The molecule has 14 heavy (non-hydrogen) atoms. The maximum Gasteiger partial charge on any atom is 0.0707 e. The molecule has 1 rings (SSSR count). The molecule has 0 aliphatic carbocycles. The highest BCUT2D eigenvalue weighted by molar-refractivity contribution is 5.14. The third kappa shape index (κ3) is 5.73. The maximum absolute atomic E-state index is 4.98. The van der Waals surface area contributed by atoms with E-state index in [1.807, 2.05) is 32.0 Å². The van der Waals surface area contributed by atoms with Crippen LogP contribution in [0.15, 0.2) is 30.3 Å². The van der Waals surface area contributed by atoms with Crippen molar-refractivity contribution in [3.63, 3.8) is 0 Å². The van der Waals surface area contributed by atoms with E-state index in [1.165, 1.54) is 5.56 Å². The van der Waals surface area contributed by atoms with Crippen molar-refractivity contribution in [2.75, 3.05) is 6.61 Å². The summed E-state index contributed by atoms with van der Waals surface area (Å²) >= 11 is 0. The van der Waals surface area contributed by atoms with E-state index in [1.54, 1.807) is 0 Å². The molecule has 0 amide bonds. The van der Waals surface area contributed by atoms with Gasteiger partial charge in [0.15, 0.2) is 0 Å². The Kier molecular flexibility index (Phi) is 8.19. The molecule has 1 aromatic carbocycles. The van der Waals surface area contributed by atoms with Crippen molar-refractivity contribution in [2.24, 2.45) is 11.8 Å². The van der Waals surface area contributed by atoms with Crippen LogP contribution in [0.25, 0.3) is 0 Å². The molecule has 2 N–H and O–H groups in total. The van der Waals surface area contributed by atoms with Crippen LogP contribution in [0.3, 0.4) is 0 Å². The predicted molar refractivity (Wildman–Crippen MR) is 60.8 cm³/mol. The first-order valence-electron chi connectivity index (χ1n) is 5.18. The van der Waals surface area contributed by atoms with Gasteiger partial charge in [-0.2, -0.15) is 0 Å². The van der Waals surface area contributed by atoms with E-state index in [2.05, 4.69) is 23.9 Å². The Balaban J connectivity index is 0.000000791. The van der Waals surface area contributed by atoms with Gasteiger partial charge < -0.3 is 4.84 Å². The smallest absolute Gasteiger partial charge is 0.0707 e. The number of hydrogen-bond acceptors (Lipinski definition) is 2. The number of benzene rings is 1. The van der Waals surface area contributed by atoms with Crippen molar-refractivity contribution in [3.8, 4) is 0 Å². The summed E-state index contributed by atoms with van der Waals surface area (Å²) in [6.07, 6.45) is 1.03. The van der Waals surface area contributed by atoms with Gasteiger partial charge in [-0.3, -0.25) is 0 Å². The fraction of sp³-hybridized carbons (Fsp3) is 0.500. The van der Waals surface area contributed by atoms with Crippen LogP contribution >= 0.6 is 0 Å². The molecule has 0 bridgehead atoms. The van der Waals surface area contributed by atoms with E-state index in [4.69, 9.17) is 5.90 Å². The van der Waals surface area contributed by atoms with Gasteiger partial charge in [0, 0.05) is 0 Å². The Morgan fingerprint density at radius 3 is 2.29 bits per heavy atom. The van der Waals surface area contributed by atoms with Crippen LogP contribution in [-0.2, 0) is 11.3 Å². The van der Waals surface area contributed by atoms with E-state index in [0.717, 1.165) is 6.42 Å². The second-order valence-corrected chi connectivity index (χ2v) is 3.13. The molecular weight excluding hydrogens is 174 g/mol. The number of hydrogen-bond donors (Lipinski definition) is 1. The van der Waals surface area contributed by atoms with Crippen molar-refractivity contribution in [3.05, 3.63) is 35.9 Å². The molecule has 0 fully saturated rings. The average Bonchev–Trinajstić information content (AvgIpc) is 2.22. The molecule has 1 unspecified atom stereocenters. The third-order valence-corrected chi connectivity index (χ3v) is 1.81. The molecule has 0 aromatic heterocycles.